The molecule has 0 aromatic heterocycles. The molecule has 3 nitrogen and oxygen atoms in total. The molecule has 3 fully saturated rings. The third kappa shape index (κ3) is 2.98. The maximum Gasteiger partial charge on any atom is 0.0224 e. The van der Waals surface area contributed by atoms with Gasteiger partial charge < -0.3 is 5.73 Å². The predicted molar refractivity (Wildman–Crippen MR) is 80.1 cm³/mol. The second-order valence-corrected chi connectivity index (χ2v) is 7.44. The summed E-state index contributed by atoms with van der Waals surface area (Å²) in [6.45, 7) is 9.96. The van der Waals surface area contributed by atoms with Crippen molar-refractivity contribution >= 4 is 0 Å². The molecule has 110 valence electrons. The van der Waals surface area contributed by atoms with Gasteiger partial charge in [0.05, 0.1) is 0 Å². The SMILES string of the molecule is CC1CCC(N)C(CN2CC3CCCN3CC2C)C1. The summed E-state index contributed by atoms with van der Waals surface area (Å²) >= 11 is 0. The molecule has 1 aliphatic carbocycles. The molecule has 2 N–H and O–H groups in total. The average Bonchev–Trinajstić information content (AvgIpc) is 2.81. The number of fused-ring (bicyclic) bond motifs is 1. The highest BCUT2D eigenvalue weighted by atomic mass is 15.3. The van der Waals surface area contributed by atoms with Crippen LogP contribution in [0.1, 0.15) is 46.0 Å². The third-order valence-corrected chi connectivity index (χ3v) is 5.84. The van der Waals surface area contributed by atoms with E-state index in [2.05, 4.69) is 23.6 Å². The Morgan fingerprint density at radius 3 is 2.79 bits per heavy atom. The van der Waals surface area contributed by atoms with E-state index in [0.29, 0.717) is 6.04 Å². The minimum Gasteiger partial charge on any atom is -0.327 e. The van der Waals surface area contributed by atoms with Crippen LogP contribution in [0.25, 0.3) is 0 Å². The number of hydrogen-bond donors (Lipinski definition) is 1. The molecule has 5 atom stereocenters. The van der Waals surface area contributed by atoms with Crippen LogP contribution in [-0.4, -0.2) is 54.1 Å². The van der Waals surface area contributed by atoms with Crippen LogP contribution >= 0.6 is 0 Å². The molecule has 2 aliphatic heterocycles. The molecule has 2 heterocycles. The quantitative estimate of drug-likeness (QED) is 0.828. The summed E-state index contributed by atoms with van der Waals surface area (Å²) in [5, 5.41) is 0. The van der Waals surface area contributed by atoms with E-state index in [0.717, 1.165) is 23.9 Å². The standard InChI is InChI=1S/C16H31N3/c1-12-5-6-16(17)14(8-12)10-19-11-15-4-3-7-18(15)9-13(19)2/h12-16H,3-11,17H2,1-2H3. The Hall–Kier alpha value is -0.120. The van der Waals surface area contributed by atoms with E-state index in [4.69, 9.17) is 5.73 Å². The molecule has 0 radical (unpaired) electrons. The monoisotopic (exact) mass is 265 g/mol. The Morgan fingerprint density at radius 1 is 1.11 bits per heavy atom. The maximum atomic E-state index is 6.37. The normalized spacial score (nSPS) is 45.3. The van der Waals surface area contributed by atoms with Crippen molar-refractivity contribution in [1.29, 1.82) is 0 Å². The highest BCUT2D eigenvalue weighted by molar-refractivity contribution is 4.93. The van der Waals surface area contributed by atoms with Gasteiger partial charge in [-0.15, -0.1) is 0 Å². The van der Waals surface area contributed by atoms with Gasteiger partial charge in [-0.2, -0.15) is 0 Å². The molecule has 0 amide bonds. The lowest BCUT2D eigenvalue weighted by atomic mass is 9.78. The molecule has 3 aliphatic rings. The average molecular weight is 265 g/mol. The van der Waals surface area contributed by atoms with E-state index in [-0.39, 0.29) is 0 Å². The lowest BCUT2D eigenvalue weighted by Crippen LogP contribution is -2.57. The Kier molecular flexibility index (Phi) is 4.16. The molecule has 3 rings (SSSR count). The van der Waals surface area contributed by atoms with Crippen LogP contribution in [0, 0.1) is 11.8 Å². The van der Waals surface area contributed by atoms with Gasteiger partial charge in [0, 0.05) is 37.8 Å². The predicted octanol–water partition coefficient (Wildman–Crippen LogP) is 1.92. The third-order valence-electron chi connectivity index (χ3n) is 5.84. The number of nitrogens with zero attached hydrogens (tertiary/aromatic N) is 2. The fourth-order valence-electron chi connectivity index (χ4n) is 4.54. The first kappa shape index (κ1) is 13.8. The van der Waals surface area contributed by atoms with Gasteiger partial charge in [-0.3, -0.25) is 9.80 Å². The van der Waals surface area contributed by atoms with Gasteiger partial charge in [-0.25, -0.2) is 0 Å². The molecule has 0 bridgehead atoms. The number of nitrogens with two attached hydrogens (primary N) is 1. The van der Waals surface area contributed by atoms with Crippen LogP contribution in [0.3, 0.4) is 0 Å². The fraction of sp³-hybridized carbons (Fsp3) is 1.00. The van der Waals surface area contributed by atoms with Crippen molar-refractivity contribution in [3.8, 4) is 0 Å². The molecular weight excluding hydrogens is 234 g/mol. The summed E-state index contributed by atoms with van der Waals surface area (Å²) in [5.74, 6) is 1.62. The molecule has 5 unspecified atom stereocenters. The van der Waals surface area contributed by atoms with Gasteiger partial charge in [0.25, 0.3) is 0 Å². The fourth-order valence-corrected chi connectivity index (χ4v) is 4.54. The van der Waals surface area contributed by atoms with Gasteiger partial charge in [0.2, 0.25) is 0 Å². The van der Waals surface area contributed by atoms with E-state index in [1.807, 2.05) is 0 Å². The smallest absolute Gasteiger partial charge is 0.0224 e. The Bertz CT molecular complexity index is 306. The van der Waals surface area contributed by atoms with Crippen LogP contribution in [0.4, 0.5) is 0 Å². The second kappa shape index (κ2) is 5.71. The zero-order chi connectivity index (χ0) is 13.4. The zero-order valence-corrected chi connectivity index (χ0v) is 12.7. The van der Waals surface area contributed by atoms with Crippen molar-refractivity contribution in [3.63, 3.8) is 0 Å². The minimum atomic E-state index is 0.449. The molecular formula is C16H31N3. The number of piperazine rings is 1. The Balaban J connectivity index is 1.59. The molecule has 1 saturated carbocycles. The largest absolute Gasteiger partial charge is 0.327 e. The van der Waals surface area contributed by atoms with E-state index < -0.39 is 0 Å². The summed E-state index contributed by atoms with van der Waals surface area (Å²) < 4.78 is 0. The topological polar surface area (TPSA) is 32.5 Å². The van der Waals surface area contributed by atoms with E-state index in [9.17, 15) is 0 Å². The van der Waals surface area contributed by atoms with Crippen molar-refractivity contribution in [2.45, 2.75) is 64.1 Å². The highest BCUT2D eigenvalue weighted by Gasteiger charge is 2.36. The number of rotatable bonds is 2. The summed E-state index contributed by atoms with van der Waals surface area (Å²) in [5.41, 5.74) is 6.37. The molecule has 3 heteroatoms. The molecule has 2 saturated heterocycles. The zero-order valence-electron chi connectivity index (χ0n) is 12.7. The van der Waals surface area contributed by atoms with E-state index in [1.54, 1.807) is 0 Å². The van der Waals surface area contributed by atoms with Gasteiger partial charge in [0.1, 0.15) is 0 Å². The minimum absolute atomic E-state index is 0.449. The summed E-state index contributed by atoms with van der Waals surface area (Å²) in [7, 11) is 0. The van der Waals surface area contributed by atoms with Crippen LogP contribution in [-0.2, 0) is 0 Å². The lowest BCUT2D eigenvalue weighted by molar-refractivity contribution is 0.0370. The maximum absolute atomic E-state index is 6.37. The van der Waals surface area contributed by atoms with Crippen molar-refractivity contribution in [1.82, 2.24) is 9.80 Å². The van der Waals surface area contributed by atoms with Gasteiger partial charge in [-0.05, 0) is 57.4 Å². The van der Waals surface area contributed by atoms with Crippen LogP contribution < -0.4 is 5.73 Å². The van der Waals surface area contributed by atoms with E-state index in [1.165, 1.54) is 58.3 Å². The molecule has 0 aromatic rings. The van der Waals surface area contributed by atoms with Crippen molar-refractivity contribution in [3.05, 3.63) is 0 Å². The van der Waals surface area contributed by atoms with Crippen LogP contribution in [0.15, 0.2) is 0 Å². The van der Waals surface area contributed by atoms with Crippen molar-refractivity contribution in [2.24, 2.45) is 17.6 Å². The Labute approximate surface area is 118 Å². The van der Waals surface area contributed by atoms with Gasteiger partial charge in [-0.1, -0.05) is 6.92 Å². The highest BCUT2D eigenvalue weighted by Crippen LogP contribution is 2.31. The first-order valence-electron chi connectivity index (χ1n) is 8.37. The molecule has 0 spiro atoms. The molecule has 19 heavy (non-hydrogen) atoms. The summed E-state index contributed by atoms with van der Waals surface area (Å²) in [4.78, 5) is 5.46. The summed E-state index contributed by atoms with van der Waals surface area (Å²) in [6.07, 6.45) is 6.74. The number of hydrogen-bond acceptors (Lipinski definition) is 3. The first-order valence-corrected chi connectivity index (χ1v) is 8.37. The van der Waals surface area contributed by atoms with Gasteiger partial charge in [0.15, 0.2) is 0 Å². The van der Waals surface area contributed by atoms with Crippen molar-refractivity contribution in [2.75, 3.05) is 26.2 Å². The second-order valence-electron chi connectivity index (χ2n) is 7.44. The summed E-state index contributed by atoms with van der Waals surface area (Å²) in [6, 6.07) is 2.01. The van der Waals surface area contributed by atoms with Crippen LogP contribution in [0.2, 0.25) is 0 Å². The first-order chi connectivity index (χ1) is 9.13. The Morgan fingerprint density at radius 2 is 1.95 bits per heavy atom. The lowest BCUT2D eigenvalue weighted by Gasteiger charge is -2.45. The van der Waals surface area contributed by atoms with E-state index >= 15 is 0 Å². The molecule has 0 aromatic carbocycles. The van der Waals surface area contributed by atoms with Gasteiger partial charge >= 0.3 is 0 Å². The van der Waals surface area contributed by atoms with Crippen LogP contribution in [0.5, 0.6) is 0 Å². The van der Waals surface area contributed by atoms with Crippen molar-refractivity contribution < 1.29 is 0 Å².